The number of rotatable bonds is 9. The van der Waals surface area contributed by atoms with Crippen molar-refractivity contribution < 1.29 is 5.11 Å². The van der Waals surface area contributed by atoms with Crippen molar-refractivity contribution in [1.82, 2.24) is 15.5 Å². The number of guanidine groups is 1. The second-order valence-corrected chi connectivity index (χ2v) is 6.99. The lowest BCUT2D eigenvalue weighted by atomic mass is 9.96. The van der Waals surface area contributed by atoms with Crippen LogP contribution in [0.3, 0.4) is 0 Å². The van der Waals surface area contributed by atoms with Crippen LogP contribution in [0, 0.1) is 0 Å². The van der Waals surface area contributed by atoms with Gasteiger partial charge in [0.05, 0.1) is 6.54 Å². The molecule has 0 aliphatic heterocycles. The summed E-state index contributed by atoms with van der Waals surface area (Å²) in [5, 5.41) is 17.3. The van der Waals surface area contributed by atoms with Gasteiger partial charge in [0, 0.05) is 26.2 Å². The zero-order valence-corrected chi connectivity index (χ0v) is 16.7. The predicted octanol–water partition coefficient (Wildman–Crippen LogP) is 2.58. The molecule has 5 nitrogen and oxygen atoms in total. The van der Waals surface area contributed by atoms with Crippen LogP contribution in [-0.2, 0) is 12.1 Å². The first-order valence-corrected chi connectivity index (χ1v) is 9.54. The third kappa shape index (κ3) is 7.41. The van der Waals surface area contributed by atoms with E-state index >= 15 is 0 Å². The Morgan fingerprint density at radius 3 is 2.30 bits per heavy atom. The summed E-state index contributed by atoms with van der Waals surface area (Å²) in [6, 6.07) is 20.1. The summed E-state index contributed by atoms with van der Waals surface area (Å²) >= 11 is 0. The molecule has 0 spiro atoms. The molecule has 0 saturated carbocycles. The van der Waals surface area contributed by atoms with Gasteiger partial charge in [-0.15, -0.1) is 0 Å². The van der Waals surface area contributed by atoms with Gasteiger partial charge in [0.15, 0.2) is 5.96 Å². The van der Waals surface area contributed by atoms with E-state index in [9.17, 15) is 5.11 Å². The van der Waals surface area contributed by atoms with Gasteiger partial charge in [-0.25, -0.2) is 4.99 Å². The highest BCUT2D eigenvalue weighted by molar-refractivity contribution is 5.79. The van der Waals surface area contributed by atoms with Crippen LogP contribution in [0.5, 0.6) is 0 Å². The fraction of sp³-hybridized carbons (Fsp3) is 0.409. The Bertz CT molecular complexity index is 686. The Balaban J connectivity index is 1.84. The molecule has 27 heavy (non-hydrogen) atoms. The van der Waals surface area contributed by atoms with E-state index in [1.165, 1.54) is 5.56 Å². The molecule has 2 aromatic rings. The van der Waals surface area contributed by atoms with Crippen LogP contribution < -0.4 is 10.6 Å². The maximum absolute atomic E-state index is 10.7. The predicted molar refractivity (Wildman–Crippen MR) is 113 cm³/mol. The van der Waals surface area contributed by atoms with E-state index in [2.05, 4.69) is 51.8 Å². The molecule has 2 rings (SSSR count). The molecule has 2 aromatic carbocycles. The lowest BCUT2D eigenvalue weighted by Gasteiger charge is -2.23. The molecule has 1 unspecified atom stereocenters. The van der Waals surface area contributed by atoms with Crippen LogP contribution in [0.2, 0.25) is 0 Å². The van der Waals surface area contributed by atoms with Crippen LogP contribution >= 0.6 is 0 Å². The standard InChI is InChI=1S/C22H32N4O/c1-4-23-21(25-18-22(2,27)20-13-9-6-10-14-20)24-15-16-26(3)17-19-11-7-5-8-12-19/h5-14,27H,4,15-18H2,1-3H3,(H2,23,24,25). The smallest absolute Gasteiger partial charge is 0.191 e. The fourth-order valence-electron chi connectivity index (χ4n) is 2.80. The molecule has 0 bridgehead atoms. The summed E-state index contributed by atoms with van der Waals surface area (Å²) in [4.78, 5) is 6.84. The van der Waals surface area contributed by atoms with Gasteiger partial charge in [-0.05, 0) is 32.0 Å². The van der Waals surface area contributed by atoms with Gasteiger partial charge in [0.2, 0.25) is 0 Å². The Labute approximate surface area is 163 Å². The van der Waals surface area contributed by atoms with Gasteiger partial charge in [-0.2, -0.15) is 0 Å². The molecule has 0 heterocycles. The van der Waals surface area contributed by atoms with Gasteiger partial charge >= 0.3 is 0 Å². The molecule has 0 saturated heterocycles. The summed E-state index contributed by atoms with van der Waals surface area (Å²) in [6.07, 6.45) is 0. The Morgan fingerprint density at radius 1 is 1.04 bits per heavy atom. The summed E-state index contributed by atoms with van der Waals surface area (Å²) in [5.74, 6) is 0.724. The first-order chi connectivity index (χ1) is 13.0. The van der Waals surface area contributed by atoms with Crippen molar-refractivity contribution >= 4 is 5.96 Å². The van der Waals surface area contributed by atoms with Gasteiger partial charge in [0.1, 0.15) is 5.60 Å². The average molecular weight is 369 g/mol. The van der Waals surface area contributed by atoms with Crippen LogP contribution in [0.15, 0.2) is 65.7 Å². The van der Waals surface area contributed by atoms with Crippen LogP contribution in [0.1, 0.15) is 25.0 Å². The van der Waals surface area contributed by atoms with E-state index in [1.807, 2.05) is 43.3 Å². The van der Waals surface area contributed by atoms with Crippen molar-refractivity contribution in [2.45, 2.75) is 26.0 Å². The normalized spacial score (nSPS) is 14.0. The molecule has 0 aliphatic rings. The van der Waals surface area contributed by atoms with Crippen molar-refractivity contribution in [1.29, 1.82) is 0 Å². The van der Waals surface area contributed by atoms with Crippen molar-refractivity contribution in [2.75, 3.05) is 33.2 Å². The zero-order chi connectivity index (χ0) is 19.5. The highest BCUT2D eigenvalue weighted by Gasteiger charge is 2.22. The number of benzene rings is 2. The maximum Gasteiger partial charge on any atom is 0.191 e. The van der Waals surface area contributed by atoms with Gasteiger partial charge in [0.25, 0.3) is 0 Å². The fourth-order valence-corrected chi connectivity index (χ4v) is 2.80. The maximum atomic E-state index is 10.7. The minimum absolute atomic E-state index is 0.298. The number of hydrogen-bond acceptors (Lipinski definition) is 3. The SMILES string of the molecule is CCNC(=NCC(C)(O)c1ccccc1)NCCN(C)Cc1ccccc1. The van der Waals surface area contributed by atoms with E-state index in [1.54, 1.807) is 6.92 Å². The molecule has 1 atom stereocenters. The third-order valence-electron chi connectivity index (χ3n) is 4.37. The Hall–Kier alpha value is -2.37. The van der Waals surface area contributed by atoms with E-state index in [0.29, 0.717) is 6.54 Å². The van der Waals surface area contributed by atoms with Crippen LogP contribution in [0.25, 0.3) is 0 Å². The van der Waals surface area contributed by atoms with Crippen molar-refractivity contribution in [3.8, 4) is 0 Å². The minimum Gasteiger partial charge on any atom is -0.384 e. The second kappa shape index (κ2) is 10.7. The zero-order valence-electron chi connectivity index (χ0n) is 16.7. The molecule has 0 aliphatic carbocycles. The van der Waals surface area contributed by atoms with Crippen molar-refractivity contribution in [3.05, 3.63) is 71.8 Å². The van der Waals surface area contributed by atoms with E-state index < -0.39 is 5.60 Å². The highest BCUT2D eigenvalue weighted by atomic mass is 16.3. The van der Waals surface area contributed by atoms with Crippen molar-refractivity contribution in [2.24, 2.45) is 4.99 Å². The molecule has 0 fully saturated rings. The molecular formula is C22H32N4O. The monoisotopic (exact) mass is 368 g/mol. The first kappa shape index (κ1) is 20.9. The minimum atomic E-state index is -0.992. The summed E-state index contributed by atoms with van der Waals surface area (Å²) < 4.78 is 0. The van der Waals surface area contributed by atoms with E-state index in [-0.39, 0.29) is 0 Å². The molecular weight excluding hydrogens is 336 g/mol. The third-order valence-corrected chi connectivity index (χ3v) is 4.37. The second-order valence-electron chi connectivity index (χ2n) is 6.99. The summed E-state index contributed by atoms with van der Waals surface area (Å²) in [5.41, 5.74) is 1.18. The summed E-state index contributed by atoms with van der Waals surface area (Å²) in [6.45, 7) is 7.50. The van der Waals surface area contributed by atoms with Gasteiger partial charge < -0.3 is 20.6 Å². The largest absolute Gasteiger partial charge is 0.384 e. The number of likely N-dealkylation sites (N-methyl/N-ethyl adjacent to an activating group) is 1. The number of aliphatic hydroxyl groups is 1. The summed E-state index contributed by atoms with van der Waals surface area (Å²) in [7, 11) is 2.11. The molecule has 0 radical (unpaired) electrons. The molecule has 146 valence electrons. The average Bonchev–Trinajstić information content (AvgIpc) is 2.67. The topological polar surface area (TPSA) is 59.9 Å². The number of nitrogens with one attached hydrogen (secondary N) is 2. The van der Waals surface area contributed by atoms with E-state index in [0.717, 1.165) is 37.7 Å². The van der Waals surface area contributed by atoms with E-state index in [4.69, 9.17) is 0 Å². The Kier molecular flexibility index (Phi) is 8.30. The van der Waals surface area contributed by atoms with Gasteiger partial charge in [-0.1, -0.05) is 60.7 Å². The van der Waals surface area contributed by atoms with Crippen LogP contribution in [0.4, 0.5) is 0 Å². The Morgan fingerprint density at radius 2 is 1.67 bits per heavy atom. The number of nitrogens with zero attached hydrogens (tertiary/aromatic N) is 2. The van der Waals surface area contributed by atoms with Gasteiger partial charge in [-0.3, -0.25) is 0 Å². The van der Waals surface area contributed by atoms with Crippen LogP contribution in [-0.4, -0.2) is 49.2 Å². The quantitative estimate of drug-likeness (QED) is 0.470. The highest BCUT2D eigenvalue weighted by Crippen LogP contribution is 2.20. The number of hydrogen-bond donors (Lipinski definition) is 3. The molecule has 0 amide bonds. The molecule has 5 heteroatoms. The first-order valence-electron chi connectivity index (χ1n) is 9.54. The molecule has 0 aromatic heterocycles. The lowest BCUT2D eigenvalue weighted by molar-refractivity contribution is 0.0672. The molecule has 3 N–H and O–H groups in total. The van der Waals surface area contributed by atoms with Crippen molar-refractivity contribution in [3.63, 3.8) is 0 Å². The number of aliphatic imine (C=N–C) groups is 1. The lowest BCUT2D eigenvalue weighted by Crippen LogP contribution is -2.41.